The predicted octanol–water partition coefficient (Wildman–Crippen LogP) is 4.97. The molecule has 208 valence electrons. The zero-order chi connectivity index (χ0) is 28.7. The Morgan fingerprint density at radius 1 is 0.949 bits per heavy atom. The van der Waals surface area contributed by atoms with Crippen LogP contribution in [0.25, 0.3) is 0 Å². The summed E-state index contributed by atoms with van der Waals surface area (Å²) in [4.78, 5) is 28.6. The third-order valence-corrected chi connectivity index (χ3v) is 8.09. The van der Waals surface area contributed by atoms with Gasteiger partial charge in [0.1, 0.15) is 18.4 Å². The van der Waals surface area contributed by atoms with Crippen LogP contribution in [0.15, 0.2) is 77.7 Å². The predicted molar refractivity (Wildman–Crippen MR) is 151 cm³/mol. The Bertz CT molecular complexity index is 1390. The highest BCUT2D eigenvalue weighted by Crippen LogP contribution is 2.28. The van der Waals surface area contributed by atoms with Gasteiger partial charge in [0.05, 0.1) is 10.6 Å². The summed E-state index contributed by atoms with van der Waals surface area (Å²) in [6.07, 6.45) is 0.306. The number of benzene rings is 3. The molecule has 9 heteroatoms. The number of nitrogens with zero attached hydrogens (tertiary/aromatic N) is 2. The molecular weight excluding hydrogens is 517 g/mol. The van der Waals surface area contributed by atoms with E-state index in [4.69, 9.17) is 0 Å². The number of sulfonamides is 1. The summed E-state index contributed by atoms with van der Waals surface area (Å²) in [5.74, 6) is -1.31. The van der Waals surface area contributed by atoms with Gasteiger partial charge in [0.15, 0.2) is 0 Å². The van der Waals surface area contributed by atoms with Gasteiger partial charge in [-0.15, -0.1) is 0 Å². The number of halogens is 1. The molecule has 3 aromatic rings. The van der Waals surface area contributed by atoms with Crippen LogP contribution < -0.4 is 9.62 Å². The number of carbonyl (C=O) groups is 2. The molecule has 0 aliphatic heterocycles. The molecule has 0 heterocycles. The molecule has 0 saturated carbocycles. The first-order valence-corrected chi connectivity index (χ1v) is 14.4. The number of anilines is 1. The molecular formula is C30H36FN3O4S. The van der Waals surface area contributed by atoms with E-state index < -0.39 is 34.3 Å². The minimum Gasteiger partial charge on any atom is -0.352 e. The van der Waals surface area contributed by atoms with Crippen LogP contribution in [-0.2, 0) is 26.2 Å². The van der Waals surface area contributed by atoms with Crippen molar-refractivity contribution in [2.24, 2.45) is 0 Å². The lowest BCUT2D eigenvalue weighted by molar-refractivity contribution is -0.140. The van der Waals surface area contributed by atoms with E-state index in [1.54, 1.807) is 56.3 Å². The zero-order valence-corrected chi connectivity index (χ0v) is 23.8. The first-order valence-electron chi connectivity index (χ1n) is 12.9. The molecule has 0 aliphatic rings. The fraction of sp³-hybridized carbons (Fsp3) is 0.333. The summed E-state index contributed by atoms with van der Waals surface area (Å²) in [7, 11) is -4.13. The highest BCUT2D eigenvalue weighted by Gasteiger charge is 2.34. The molecule has 0 spiro atoms. The van der Waals surface area contributed by atoms with Gasteiger partial charge in [-0.2, -0.15) is 0 Å². The van der Waals surface area contributed by atoms with Crippen LogP contribution >= 0.6 is 0 Å². The SMILES string of the molecule is CC[C@@H](C(=O)NC(C)C)N(Cc1ccc(F)cc1)C(=O)CN(c1ccc(C)cc1C)S(=O)(=O)c1ccccc1. The molecule has 0 fully saturated rings. The van der Waals surface area contributed by atoms with Crippen molar-refractivity contribution in [3.8, 4) is 0 Å². The molecule has 3 rings (SSSR count). The molecule has 0 unspecified atom stereocenters. The second-order valence-corrected chi connectivity index (χ2v) is 11.7. The van der Waals surface area contributed by atoms with E-state index in [1.807, 2.05) is 26.8 Å². The molecule has 2 amide bonds. The van der Waals surface area contributed by atoms with E-state index in [0.29, 0.717) is 23.2 Å². The first kappa shape index (κ1) is 29.8. The molecule has 1 N–H and O–H groups in total. The molecule has 0 aromatic heterocycles. The van der Waals surface area contributed by atoms with Crippen LogP contribution in [0.3, 0.4) is 0 Å². The third-order valence-electron chi connectivity index (χ3n) is 6.31. The smallest absolute Gasteiger partial charge is 0.264 e. The van der Waals surface area contributed by atoms with Gasteiger partial charge in [-0.25, -0.2) is 12.8 Å². The molecule has 3 aromatic carbocycles. The van der Waals surface area contributed by atoms with E-state index in [0.717, 1.165) is 9.87 Å². The van der Waals surface area contributed by atoms with Crippen LogP contribution in [0.2, 0.25) is 0 Å². The fourth-order valence-electron chi connectivity index (χ4n) is 4.40. The van der Waals surface area contributed by atoms with Gasteiger partial charge in [-0.05, 0) is 75.6 Å². The maximum absolute atomic E-state index is 14.0. The van der Waals surface area contributed by atoms with Gasteiger partial charge >= 0.3 is 0 Å². The van der Waals surface area contributed by atoms with Gasteiger partial charge in [0, 0.05) is 12.6 Å². The Morgan fingerprint density at radius 3 is 2.15 bits per heavy atom. The Labute approximate surface area is 230 Å². The Balaban J connectivity index is 2.08. The van der Waals surface area contributed by atoms with Crippen molar-refractivity contribution in [2.75, 3.05) is 10.8 Å². The maximum atomic E-state index is 14.0. The zero-order valence-electron chi connectivity index (χ0n) is 23.0. The topological polar surface area (TPSA) is 86.8 Å². The quantitative estimate of drug-likeness (QED) is 0.363. The third kappa shape index (κ3) is 7.44. The Morgan fingerprint density at radius 2 is 1.59 bits per heavy atom. The van der Waals surface area contributed by atoms with Crippen molar-refractivity contribution in [1.82, 2.24) is 10.2 Å². The average Bonchev–Trinajstić information content (AvgIpc) is 2.88. The minimum absolute atomic E-state index is 0.00917. The number of carbonyl (C=O) groups excluding carboxylic acids is 2. The summed E-state index contributed by atoms with van der Waals surface area (Å²) in [6, 6.07) is 17.9. The van der Waals surface area contributed by atoms with Crippen molar-refractivity contribution < 1.29 is 22.4 Å². The molecule has 39 heavy (non-hydrogen) atoms. The number of aryl methyl sites for hydroxylation is 2. The van der Waals surface area contributed by atoms with Crippen LogP contribution in [0.4, 0.5) is 10.1 Å². The monoisotopic (exact) mass is 553 g/mol. The van der Waals surface area contributed by atoms with Gasteiger partial charge in [-0.3, -0.25) is 13.9 Å². The number of hydrogen-bond donors (Lipinski definition) is 1. The molecule has 1 atom stereocenters. The minimum atomic E-state index is -4.13. The maximum Gasteiger partial charge on any atom is 0.264 e. The van der Waals surface area contributed by atoms with Crippen molar-refractivity contribution in [2.45, 2.75) is 64.6 Å². The van der Waals surface area contributed by atoms with Gasteiger partial charge in [0.2, 0.25) is 11.8 Å². The largest absolute Gasteiger partial charge is 0.352 e. The number of hydrogen-bond acceptors (Lipinski definition) is 4. The standard InChI is InChI=1S/C30H36FN3O4S/c1-6-27(30(36)32-21(2)3)33(19-24-13-15-25(31)16-14-24)29(35)20-34(28-17-12-22(4)18-23(28)5)39(37,38)26-10-8-7-9-11-26/h7-18,21,27H,6,19-20H2,1-5H3,(H,32,36)/t27-/m0/s1. The number of nitrogens with one attached hydrogen (secondary N) is 1. The molecule has 0 radical (unpaired) electrons. The van der Waals surface area contributed by atoms with Crippen molar-refractivity contribution >= 4 is 27.5 Å². The summed E-state index contributed by atoms with van der Waals surface area (Å²) in [5, 5.41) is 2.86. The van der Waals surface area contributed by atoms with E-state index in [-0.39, 0.29) is 23.4 Å². The lowest BCUT2D eigenvalue weighted by Crippen LogP contribution is -2.53. The van der Waals surface area contributed by atoms with Crippen LogP contribution in [0, 0.1) is 19.7 Å². The van der Waals surface area contributed by atoms with E-state index >= 15 is 0 Å². The number of rotatable bonds is 11. The van der Waals surface area contributed by atoms with Crippen LogP contribution in [0.1, 0.15) is 43.9 Å². The molecule has 0 saturated heterocycles. The number of amides is 2. The summed E-state index contributed by atoms with van der Waals surface area (Å²) < 4.78 is 42.4. The highest BCUT2D eigenvalue weighted by molar-refractivity contribution is 7.92. The van der Waals surface area contributed by atoms with Crippen LogP contribution in [-0.4, -0.2) is 43.8 Å². The molecule has 0 aliphatic carbocycles. The van der Waals surface area contributed by atoms with Gasteiger partial charge in [0.25, 0.3) is 10.0 Å². The van der Waals surface area contributed by atoms with Crippen molar-refractivity contribution in [3.63, 3.8) is 0 Å². The van der Waals surface area contributed by atoms with Gasteiger partial charge in [-0.1, -0.05) is 55.0 Å². The van der Waals surface area contributed by atoms with E-state index in [9.17, 15) is 22.4 Å². The molecule has 7 nitrogen and oxygen atoms in total. The summed E-state index contributed by atoms with van der Waals surface area (Å²) in [6.45, 7) is 8.63. The summed E-state index contributed by atoms with van der Waals surface area (Å²) in [5.41, 5.74) is 2.63. The van der Waals surface area contributed by atoms with E-state index in [1.165, 1.54) is 29.2 Å². The lowest BCUT2D eigenvalue weighted by Gasteiger charge is -2.34. The average molecular weight is 554 g/mol. The highest BCUT2D eigenvalue weighted by atomic mass is 32.2. The van der Waals surface area contributed by atoms with Crippen molar-refractivity contribution in [3.05, 3.63) is 95.3 Å². The van der Waals surface area contributed by atoms with Gasteiger partial charge < -0.3 is 10.2 Å². The molecule has 0 bridgehead atoms. The Kier molecular flexibility index (Phi) is 9.86. The first-order chi connectivity index (χ1) is 18.4. The second kappa shape index (κ2) is 12.9. The summed E-state index contributed by atoms with van der Waals surface area (Å²) >= 11 is 0. The lowest BCUT2D eigenvalue weighted by atomic mass is 10.1. The second-order valence-electron chi connectivity index (χ2n) is 9.85. The van der Waals surface area contributed by atoms with E-state index in [2.05, 4.69) is 5.32 Å². The fourth-order valence-corrected chi connectivity index (χ4v) is 5.90. The Hall–Kier alpha value is -3.72. The van der Waals surface area contributed by atoms with Crippen molar-refractivity contribution in [1.29, 1.82) is 0 Å². The van der Waals surface area contributed by atoms with Crippen LogP contribution in [0.5, 0.6) is 0 Å². The normalized spacial score (nSPS) is 12.2.